The van der Waals surface area contributed by atoms with Gasteiger partial charge in [0, 0.05) is 13.1 Å². The Kier molecular flexibility index (Phi) is 5.46. The van der Waals surface area contributed by atoms with Crippen molar-refractivity contribution in [3.05, 3.63) is 54.1 Å². The van der Waals surface area contributed by atoms with E-state index in [0.717, 1.165) is 24.5 Å². The number of benzene rings is 2. The second-order valence-electron chi connectivity index (χ2n) is 5.21. The summed E-state index contributed by atoms with van der Waals surface area (Å²) >= 11 is 0. The van der Waals surface area contributed by atoms with E-state index in [1.54, 1.807) is 0 Å². The first kappa shape index (κ1) is 15.2. The second kappa shape index (κ2) is 7.55. The van der Waals surface area contributed by atoms with Crippen molar-refractivity contribution in [2.75, 3.05) is 38.3 Å². The highest BCUT2D eigenvalue weighted by Crippen LogP contribution is 2.31. The Morgan fingerprint density at radius 2 is 1.81 bits per heavy atom. The van der Waals surface area contributed by atoms with E-state index in [2.05, 4.69) is 22.3 Å². The summed E-state index contributed by atoms with van der Waals surface area (Å²) in [6.07, 6.45) is 0. The lowest BCUT2D eigenvalue weighted by molar-refractivity contribution is 0.263. The van der Waals surface area contributed by atoms with Gasteiger partial charge in [-0.3, -0.25) is 0 Å². The molecule has 2 aromatic rings. The molecule has 0 spiro atoms. The van der Waals surface area contributed by atoms with E-state index >= 15 is 0 Å². The first-order valence-electron chi connectivity index (χ1n) is 7.10. The van der Waals surface area contributed by atoms with E-state index in [4.69, 9.17) is 10.5 Å². The molecule has 3 N–H and O–H groups in total. The number of ether oxygens (including phenoxy) is 1. The zero-order chi connectivity index (χ0) is 15.1. The molecule has 0 fully saturated rings. The minimum atomic E-state index is 0.612. The van der Waals surface area contributed by atoms with Crippen molar-refractivity contribution in [2.45, 2.75) is 6.54 Å². The van der Waals surface area contributed by atoms with Crippen molar-refractivity contribution in [1.82, 2.24) is 4.90 Å². The number of nitrogens with two attached hydrogens (primary N) is 1. The first-order valence-corrected chi connectivity index (χ1v) is 7.10. The third-order valence-corrected chi connectivity index (χ3v) is 3.16. The molecule has 0 saturated heterocycles. The average molecular weight is 285 g/mol. The van der Waals surface area contributed by atoms with Crippen LogP contribution in [0.5, 0.6) is 5.75 Å². The van der Waals surface area contributed by atoms with Gasteiger partial charge in [0.2, 0.25) is 0 Å². The van der Waals surface area contributed by atoms with E-state index in [1.165, 1.54) is 5.56 Å². The molecular weight excluding hydrogens is 262 g/mol. The fourth-order valence-electron chi connectivity index (χ4n) is 1.98. The third kappa shape index (κ3) is 4.68. The molecule has 4 heteroatoms. The number of anilines is 2. The van der Waals surface area contributed by atoms with Crippen molar-refractivity contribution in [3.63, 3.8) is 0 Å². The number of likely N-dealkylation sites (N-methyl/N-ethyl adjacent to an activating group) is 1. The van der Waals surface area contributed by atoms with Gasteiger partial charge in [0.15, 0.2) is 5.75 Å². The molecule has 0 unspecified atom stereocenters. The van der Waals surface area contributed by atoms with Gasteiger partial charge in [-0.1, -0.05) is 36.4 Å². The summed E-state index contributed by atoms with van der Waals surface area (Å²) in [7, 11) is 4.04. The molecule has 21 heavy (non-hydrogen) atoms. The molecule has 0 aromatic heterocycles. The SMILES string of the molecule is CN(C)CCOc1c(N)cccc1NCc1ccccc1. The van der Waals surface area contributed by atoms with Crippen LogP contribution in [0.3, 0.4) is 0 Å². The molecule has 4 nitrogen and oxygen atoms in total. The number of rotatable bonds is 7. The monoisotopic (exact) mass is 285 g/mol. The molecule has 0 heterocycles. The van der Waals surface area contributed by atoms with Crippen LogP contribution in [0.2, 0.25) is 0 Å². The zero-order valence-electron chi connectivity index (χ0n) is 12.7. The Bertz CT molecular complexity index is 555. The fourth-order valence-corrected chi connectivity index (χ4v) is 1.98. The van der Waals surface area contributed by atoms with Crippen LogP contribution in [0.4, 0.5) is 11.4 Å². The molecular formula is C17H23N3O. The molecule has 0 bridgehead atoms. The predicted molar refractivity (Wildman–Crippen MR) is 88.7 cm³/mol. The number of nitrogens with one attached hydrogen (secondary N) is 1. The van der Waals surface area contributed by atoms with Crippen LogP contribution in [-0.2, 0) is 6.54 Å². The maximum Gasteiger partial charge on any atom is 0.165 e. The van der Waals surface area contributed by atoms with Crippen LogP contribution < -0.4 is 15.8 Å². The summed E-state index contributed by atoms with van der Waals surface area (Å²) in [5.74, 6) is 0.732. The van der Waals surface area contributed by atoms with Crippen molar-refractivity contribution >= 4 is 11.4 Å². The minimum absolute atomic E-state index is 0.612. The Morgan fingerprint density at radius 1 is 1.05 bits per heavy atom. The van der Waals surface area contributed by atoms with Crippen molar-refractivity contribution in [2.24, 2.45) is 0 Å². The van der Waals surface area contributed by atoms with Crippen molar-refractivity contribution in [1.29, 1.82) is 0 Å². The lowest BCUT2D eigenvalue weighted by atomic mass is 10.2. The van der Waals surface area contributed by atoms with Gasteiger partial charge in [-0.25, -0.2) is 0 Å². The molecule has 0 radical (unpaired) electrons. The number of hydrogen-bond donors (Lipinski definition) is 2. The molecule has 0 atom stereocenters. The highest BCUT2D eigenvalue weighted by molar-refractivity contribution is 5.69. The predicted octanol–water partition coefficient (Wildman–Crippen LogP) is 2.82. The largest absolute Gasteiger partial charge is 0.488 e. The first-order chi connectivity index (χ1) is 10.2. The summed E-state index contributed by atoms with van der Waals surface area (Å²) in [5, 5.41) is 3.39. The van der Waals surface area contributed by atoms with Crippen molar-refractivity contribution in [3.8, 4) is 5.75 Å². The normalized spacial score (nSPS) is 10.6. The number of nitrogens with zero attached hydrogens (tertiary/aromatic N) is 1. The highest BCUT2D eigenvalue weighted by atomic mass is 16.5. The standard InChI is InChI=1S/C17H23N3O/c1-20(2)11-12-21-17-15(18)9-6-10-16(17)19-13-14-7-4-3-5-8-14/h3-10,19H,11-13,18H2,1-2H3. The minimum Gasteiger partial charge on any atom is -0.488 e. The lowest BCUT2D eigenvalue weighted by Crippen LogP contribution is -2.20. The van der Waals surface area contributed by atoms with Crippen LogP contribution in [0.25, 0.3) is 0 Å². The maximum absolute atomic E-state index is 6.03. The summed E-state index contributed by atoms with van der Waals surface area (Å²) in [4.78, 5) is 2.08. The molecule has 2 rings (SSSR count). The zero-order valence-corrected chi connectivity index (χ0v) is 12.7. The van der Waals surface area contributed by atoms with Gasteiger partial charge in [-0.15, -0.1) is 0 Å². The Hall–Kier alpha value is -2.20. The fraction of sp³-hybridized carbons (Fsp3) is 0.294. The summed E-state index contributed by atoms with van der Waals surface area (Å²) in [5.41, 5.74) is 8.84. The smallest absolute Gasteiger partial charge is 0.165 e. The van der Waals surface area contributed by atoms with Gasteiger partial charge >= 0.3 is 0 Å². The molecule has 0 aliphatic carbocycles. The molecule has 112 valence electrons. The molecule has 2 aromatic carbocycles. The van der Waals surface area contributed by atoms with E-state index in [1.807, 2.05) is 50.5 Å². The van der Waals surface area contributed by atoms with Crippen LogP contribution in [-0.4, -0.2) is 32.1 Å². The Labute approximate surface area is 126 Å². The highest BCUT2D eigenvalue weighted by Gasteiger charge is 2.07. The van der Waals surface area contributed by atoms with Crippen LogP contribution in [0.15, 0.2) is 48.5 Å². The van der Waals surface area contributed by atoms with Crippen LogP contribution in [0, 0.1) is 0 Å². The van der Waals surface area contributed by atoms with E-state index in [9.17, 15) is 0 Å². The molecule has 0 aliphatic rings. The van der Waals surface area contributed by atoms with Crippen molar-refractivity contribution < 1.29 is 4.74 Å². The number of nitrogen functional groups attached to an aromatic ring is 1. The summed E-state index contributed by atoms with van der Waals surface area (Å²) in [6.45, 7) is 2.21. The van der Waals surface area contributed by atoms with Gasteiger partial charge in [-0.2, -0.15) is 0 Å². The van der Waals surface area contributed by atoms with Gasteiger partial charge in [0.05, 0.1) is 11.4 Å². The molecule has 0 amide bonds. The lowest BCUT2D eigenvalue weighted by Gasteiger charge is -2.17. The van der Waals surface area contributed by atoms with E-state index in [0.29, 0.717) is 12.3 Å². The van der Waals surface area contributed by atoms with E-state index in [-0.39, 0.29) is 0 Å². The Balaban J connectivity index is 2.02. The van der Waals surface area contributed by atoms with Gasteiger partial charge in [-0.05, 0) is 31.8 Å². The maximum atomic E-state index is 6.03. The quantitative estimate of drug-likeness (QED) is 0.768. The second-order valence-corrected chi connectivity index (χ2v) is 5.21. The van der Waals surface area contributed by atoms with Gasteiger partial charge in [0.1, 0.15) is 6.61 Å². The van der Waals surface area contributed by atoms with E-state index < -0.39 is 0 Å². The summed E-state index contributed by atoms with van der Waals surface area (Å²) < 4.78 is 5.84. The average Bonchev–Trinajstić information content (AvgIpc) is 2.48. The summed E-state index contributed by atoms with van der Waals surface area (Å²) in [6, 6.07) is 16.0. The Morgan fingerprint density at radius 3 is 2.52 bits per heavy atom. The van der Waals surface area contributed by atoms with Gasteiger partial charge < -0.3 is 20.7 Å². The number of hydrogen-bond acceptors (Lipinski definition) is 4. The van der Waals surface area contributed by atoms with Gasteiger partial charge in [0.25, 0.3) is 0 Å². The molecule has 0 saturated carbocycles. The van der Waals surface area contributed by atoms with Crippen LogP contribution in [0.1, 0.15) is 5.56 Å². The third-order valence-electron chi connectivity index (χ3n) is 3.16. The molecule has 0 aliphatic heterocycles. The number of para-hydroxylation sites is 1. The topological polar surface area (TPSA) is 50.5 Å². The van der Waals surface area contributed by atoms with Crippen LogP contribution >= 0.6 is 0 Å².